The van der Waals surface area contributed by atoms with Gasteiger partial charge in [-0.25, -0.2) is 0 Å². The molecule has 0 radical (unpaired) electrons. The number of carbonyl (C=O) groups is 4. The second kappa shape index (κ2) is 15.5. The molecular weight excluding hydrogens is 604 g/mol. The van der Waals surface area contributed by atoms with E-state index in [9.17, 15) is 19.2 Å². The largest absolute Gasteiger partial charge is 0.460 e. The van der Waals surface area contributed by atoms with Gasteiger partial charge < -0.3 is 26.0 Å². The molecule has 1 heterocycles. The number of para-hydroxylation sites is 1. The molecule has 48 heavy (non-hydrogen) atoms. The summed E-state index contributed by atoms with van der Waals surface area (Å²) in [4.78, 5) is 54.9. The second-order valence-electron chi connectivity index (χ2n) is 12.3. The number of anilines is 1. The topological polar surface area (TPSA) is 131 Å². The van der Waals surface area contributed by atoms with Crippen LogP contribution in [0.4, 0.5) is 5.69 Å². The van der Waals surface area contributed by atoms with Gasteiger partial charge in [-0.05, 0) is 66.6 Å². The van der Waals surface area contributed by atoms with Crippen LogP contribution in [0.3, 0.4) is 0 Å². The third-order valence-electron chi connectivity index (χ3n) is 8.71. The van der Waals surface area contributed by atoms with E-state index < -0.39 is 23.3 Å². The van der Waals surface area contributed by atoms with Crippen molar-refractivity contribution < 1.29 is 23.9 Å². The molecule has 1 aliphatic rings. The number of rotatable bonds is 12. The summed E-state index contributed by atoms with van der Waals surface area (Å²) in [6.45, 7) is 4.30. The average molecular weight is 647 g/mol. The molecule has 4 N–H and O–H groups in total. The SMILES string of the molecule is CCNC(=O)c1ccccc1-c1ccc(CN2C(=O)[C@H](NC(=O)CC(C)(CN)C(=O)OCc3ccccc3)CCc3ccccc32)cc1. The number of carbonyl (C=O) groups excluding carboxylic acids is 4. The highest BCUT2D eigenvalue weighted by Crippen LogP contribution is 2.30. The lowest BCUT2D eigenvalue weighted by atomic mass is 9.86. The number of nitrogens with zero attached hydrogens (tertiary/aromatic N) is 1. The van der Waals surface area contributed by atoms with Gasteiger partial charge in [0.2, 0.25) is 11.8 Å². The quantitative estimate of drug-likeness (QED) is 0.182. The Morgan fingerprint density at radius 2 is 1.58 bits per heavy atom. The highest BCUT2D eigenvalue weighted by atomic mass is 16.5. The zero-order valence-electron chi connectivity index (χ0n) is 27.4. The number of amides is 3. The Balaban J connectivity index is 1.30. The Morgan fingerprint density at radius 1 is 0.896 bits per heavy atom. The molecule has 5 rings (SSSR count). The van der Waals surface area contributed by atoms with E-state index in [1.807, 2.05) is 104 Å². The molecule has 1 unspecified atom stereocenters. The molecule has 9 nitrogen and oxygen atoms in total. The highest BCUT2D eigenvalue weighted by Gasteiger charge is 2.38. The minimum Gasteiger partial charge on any atom is -0.460 e. The van der Waals surface area contributed by atoms with Gasteiger partial charge in [-0.15, -0.1) is 0 Å². The third-order valence-corrected chi connectivity index (χ3v) is 8.71. The lowest BCUT2D eigenvalue weighted by molar-refractivity contribution is -0.158. The van der Waals surface area contributed by atoms with Gasteiger partial charge in [0.05, 0.1) is 12.0 Å². The van der Waals surface area contributed by atoms with Gasteiger partial charge in [-0.3, -0.25) is 19.2 Å². The van der Waals surface area contributed by atoms with Crippen molar-refractivity contribution in [3.8, 4) is 11.1 Å². The highest BCUT2D eigenvalue weighted by molar-refractivity contribution is 6.02. The van der Waals surface area contributed by atoms with Gasteiger partial charge in [-0.1, -0.05) is 91.0 Å². The molecule has 0 aliphatic carbocycles. The lowest BCUT2D eigenvalue weighted by Gasteiger charge is -2.28. The maximum Gasteiger partial charge on any atom is 0.313 e. The minimum absolute atomic E-state index is 0.0763. The third kappa shape index (κ3) is 7.98. The minimum atomic E-state index is -1.26. The Bertz CT molecular complexity index is 1760. The van der Waals surface area contributed by atoms with Crippen molar-refractivity contribution in [2.24, 2.45) is 11.1 Å². The number of nitrogens with one attached hydrogen (secondary N) is 2. The standard InChI is InChI=1S/C39H42N4O5/c1-3-41-36(45)32-15-9-8-14-31(32)29-19-17-27(18-20-29)24-43-34-16-10-7-13-30(34)21-22-33(37(43)46)42-35(44)23-39(2,26-40)38(47)48-25-28-11-5-4-6-12-28/h4-20,33H,3,21-26,40H2,1-2H3,(H,41,45)(H,42,44)/t33-,39?/m1/s1. The van der Waals surface area contributed by atoms with E-state index in [0.29, 0.717) is 24.9 Å². The molecular formula is C39H42N4O5. The predicted molar refractivity (Wildman–Crippen MR) is 186 cm³/mol. The summed E-state index contributed by atoms with van der Waals surface area (Å²) in [6, 6.07) is 31.5. The Morgan fingerprint density at radius 3 is 2.31 bits per heavy atom. The molecule has 4 aromatic carbocycles. The van der Waals surface area contributed by atoms with Crippen molar-refractivity contribution in [2.75, 3.05) is 18.0 Å². The van der Waals surface area contributed by atoms with E-state index >= 15 is 0 Å². The van der Waals surface area contributed by atoms with Gasteiger partial charge in [0.15, 0.2) is 0 Å². The second-order valence-corrected chi connectivity index (χ2v) is 12.3. The van der Waals surface area contributed by atoms with Crippen molar-refractivity contribution >= 4 is 29.4 Å². The average Bonchev–Trinajstić information content (AvgIpc) is 3.23. The van der Waals surface area contributed by atoms with Gasteiger partial charge in [-0.2, -0.15) is 0 Å². The Labute approximate surface area is 281 Å². The predicted octanol–water partition coefficient (Wildman–Crippen LogP) is 5.17. The summed E-state index contributed by atoms with van der Waals surface area (Å²) in [6.07, 6.45) is 0.782. The number of aryl methyl sites for hydroxylation is 1. The number of ether oxygens (including phenoxy) is 1. The Hall–Kier alpha value is -5.28. The van der Waals surface area contributed by atoms with E-state index in [4.69, 9.17) is 10.5 Å². The molecule has 1 aliphatic heterocycles. The monoisotopic (exact) mass is 646 g/mol. The van der Waals surface area contributed by atoms with Crippen LogP contribution in [-0.4, -0.2) is 42.8 Å². The summed E-state index contributed by atoms with van der Waals surface area (Å²) in [5, 5.41) is 5.77. The van der Waals surface area contributed by atoms with Crippen LogP contribution >= 0.6 is 0 Å². The van der Waals surface area contributed by atoms with Crippen molar-refractivity contribution in [2.45, 2.75) is 52.3 Å². The first-order valence-electron chi connectivity index (χ1n) is 16.3. The molecule has 248 valence electrons. The van der Waals surface area contributed by atoms with Crippen LogP contribution in [-0.2, 0) is 38.7 Å². The van der Waals surface area contributed by atoms with Crippen LogP contribution in [0.5, 0.6) is 0 Å². The molecule has 0 aromatic heterocycles. The van der Waals surface area contributed by atoms with Crippen molar-refractivity contribution in [3.63, 3.8) is 0 Å². The van der Waals surface area contributed by atoms with E-state index in [1.165, 1.54) is 0 Å². The van der Waals surface area contributed by atoms with E-state index in [-0.39, 0.29) is 37.9 Å². The van der Waals surface area contributed by atoms with Gasteiger partial charge >= 0.3 is 5.97 Å². The first kappa shape index (κ1) is 34.1. The first-order valence-corrected chi connectivity index (χ1v) is 16.3. The molecule has 2 atom stereocenters. The van der Waals surface area contributed by atoms with Gasteiger partial charge in [0.1, 0.15) is 12.6 Å². The number of fused-ring (bicyclic) bond motifs is 1. The molecule has 9 heteroatoms. The summed E-state index contributed by atoms with van der Waals surface area (Å²) in [5.74, 6) is -1.38. The van der Waals surface area contributed by atoms with Crippen LogP contribution in [0.15, 0.2) is 103 Å². The molecule has 0 saturated heterocycles. The zero-order valence-corrected chi connectivity index (χ0v) is 27.4. The fourth-order valence-electron chi connectivity index (χ4n) is 5.90. The number of benzene rings is 4. The molecule has 0 fully saturated rings. The summed E-state index contributed by atoms with van der Waals surface area (Å²) in [5.41, 5.74) is 10.6. The molecule has 0 bridgehead atoms. The van der Waals surface area contributed by atoms with E-state index in [0.717, 1.165) is 33.5 Å². The van der Waals surface area contributed by atoms with Gasteiger partial charge in [0, 0.05) is 30.8 Å². The summed E-state index contributed by atoms with van der Waals surface area (Å²) >= 11 is 0. The molecule has 4 aromatic rings. The fraction of sp³-hybridized carbons (Fsp3) is 0.282. The molecule has 0 saturated carbocycles. The van der Waals surface area contributed by atoms with Crippen LogP contribution < -0.4 is 21.3 Å². The first-order chi connectivity index (χ1) is 23.2. The van der Waals surface area contributed by atoms with Crippen LogP contribution in [0.1, 0.15) is 53.7 Å². The number of nitrogens with two attached hydrogens (primary N) is 1. The summed E-state index contributed by atoms with van der Waals surface area (Å²) < 4.78 is 5.51. The fourth-order valence-corrected chi connectivity index (χ4v) is 5.90. The summed E-state index contributed by atoms with van der Waals surface area (Å²) in [7, 11) is 0. The van der Waals surface area contributed by atoms with Crippen LogP contribution in [0.2, 0.25) is 0 Å². The van der Waals surface area contributed by atoms with Crippen LogP contribution in [0.25, 0.3) is 11.1 Å². The van der Waals surface area contributed by atoms with Crippen LogP contribution in [0, 0.1) is 5.41 Å². The molecule has 0 spiro atoms. The Kier molecular flexibility index (Phi) is 11.0. The lowest BCUT2D eigenvalue weighted by Crippen LogP contribution is -2.50. The van der Waals surface area contributed by atoms with E-state index in [1.54, 1.807) is 17.9 Å². The number of esters is 1. The number of hydrogen-bond donors (Lipinski definition) is 3. The number of hydrogen-bond acceptors (Lipinski definition) is 6. The van der Waals surface area contributed by atoms with Crippen molar-refractivity contribution in [1.29, 1.82) is 0 Å². The maximum absolute atomic E-state index is 14.1. The maximum atomic E-state index is 14.1. The van der Waals surface area contributed by atoms with Crippen molar-refractivity contribution in [3.05, 3.63) is 125 Å². The van der Waals surface area contributed by atoms with Gasteiger partial charge in [0.25, 0.3) is 5.91 Å². The van der Waals surface area contributed by atoms with Crippen molar-refractivity contribution in [1.82, 2.24) is 10.6 Å². The zero-order chi connectivity index (χ0) is 34.1. The normalized spacial score (nSPS) is 15.4. The molecule has 3 amide bonds. The van der Waals surface area contributed by atoms with E-state index in [2.05, 4.69) is 10.6 Å². The smallest absolute Gasteiger partial charge is 0.313 e.